The maximum Gasteiger partial charge on any atom is 0.332 e. The highest BCUT2D eigenvalue weighted by Gasteiger charge is 2.22. The summed E-state index contributed by atoms with van der Waals surface area (Å²) in [7, 11) is 1.42. The van der Waals surface area contributed by atoms with E-state index in [4.69, 9.17) is 4.74 Å². The highest BCUT2D eigenvalue weighted by Crippen LogP contribution is 2.13. The number of aromatic nitrogens is 1. The van der Waals surface area contributed by atoms with Crippen LogP contribution in [0.4, 0.5) is 0 Å². The van der Waals surface area contributed by atoms with Gasteiger partial charge in [-0.3, -0.25) is 0 Å². The van der Waals surface area contributed by atoms with Gasteiger partial charge in [-0.25, -0.2) is 4.79 Å². The number of hydrogen-bond donors (Lipinski definition) is 1. The van der Waals surface area contributed by atoms with E-state index in [1.165, 1.54) is 18.2 Å². The van der Waals surface area contributed by atoms with E-state index in [0.29, 0.717) is 0 Å². The summed E-state index contributed by atoms with van der Waals surface area (Å²) in [5.41, 5.74) is 3.40. The fraction of sp³-hybridized carbons (Fsp3) is 0.190. The molecule has 0 fully saturated rings. The molecule has 4 nitrogen and oxygen atoms in total. The lowest BCUT2D eigenvalue weighted by molar-refractivity contribution is -0.141. The number of carbonyl (C=O) groups excluding carboxylic acids is 1. The molecule has 0 bridgehead atoms. The number of benzene rings is 2. The van der Waals surface area contributed by atoms with Gasteiger partial charge >= 0.3 is 5.97 Å². The van der Waals surface area contributed by atoms with Crippen LogP contribution in [0.25, 0.3) is 22.7 Å². The summed E-state index contributed by atoms with van der Waals surface area (Å²) < 4.78 is 7.23. The lowest BCUT2D eigenvalue weighted by atomic mass is 10.1. The van der Waals surface area contributed by atoms with Gasteiger partial charge in [-0.2, -0.15) is 0 Å². The summed E-state index contributed by atoms with van der Waals surface area (Å²) in [5, 5.41) is 6.66. The van der Waals surface area contributed by atoms with Crippen LogP contribution in [0.15, 0.2) is 54.6 Å². The second-order valence-corrected chi connectivity index (χ2v) is 6.29. The average molecular weight is 332 g/mol. The van der Waals surface area contributed by atoms with E-state index in [0.717, 1.165) is 28.2 Å². The van der Waals surface area contributed by atoms with Crippen molar-refractivity contribution in [3.63, 3.8) is 0 Å². The fourth-order valence-corrected chi connectivity index (χ4v) is 3.60. The van der Waals surface area contributed by atoms with Gasteiger partial charge in [0.1, 0.15) is 6.04 Å². The topological polar surface area (TPSA) is 43.3 Å². The molecular formula is C21H20N2O2. The molecule has 126 valence electrons. The first-order valence-electron chi connectivity index (χ1n) is 8.37. The van der Waals surface area contributed by atoms with Crippen LogP contribution < -0.4 is 15.9 Å². The van der Waals surface area contributed by atoms with Crippen molar-refractivity contribution in [1.82, 2.24) is 9.88 Å². The molecule has 0 spiro atoms. The molecule has 0 saturated carbocycles. The lowest BCUT2D eigenvalue weighted by Crippen LogP contribution is -2.47. The van der Waals surface area contributed by atoms with Crippen molar-refractivity contribution in [3.05, 3.63) is 70.7 Å². The smallest absolute Gasteiger partial charge is 0.332 e. The molecule has 0 aliphatic carbocycles. The lowest BCUT2D eigenvalue weighted by Gasteiger charge is -2.18. The van der Waals surface area contributed by atoms with E-state index in [1.807, 2.05) is 25.1 Å². The molecule has 1 aromatic heterocycles. The van der Waals surface area contributed by atoms with Crippen molar-refractivity contribution >= 4 is 28.6 Å². The van der Waals surface area contributed by atoms with E-state index >= 15 is 0 Å². The Balaban J connectivity index is 1.99. The molecule has 2 heterocycles. The highest BCUT2D eigenvalue weighted by atomic mass is 16.5. The van der Waals surface area contributed by atoms with Gasteiger partial charge in [0.25, 0.3) is 0 Å². The molecule has 1 atom stereocenters. The molecule has 1 N–H and O–H groups in total. The van der Waals surface area contributed by atoms with Gasteiger partial charge in [-0.1, -0.05) is 48.5 Å². The van der Waals surface area contributed by atoms with E-state index < -0.39 is 6.04 Å². The summed E-state index contributed by atoms with van der Waals surface area (Å²) in [4.78, 5) is 12.0. The maximum absolute atomic E-state index is 12.0. The van der Waals surface area contributed by atoms with Crippen LogP contribution in [0.1, 0.15) is 12.5 Å². The Morgan fingerprint density at radius 2 is 1.84 bits per heavy atom. The van der Waals surface area contributed by atoms with E-state index in [1.54, 1.807) is 0 Å². The zero-order valence-corrected chi connectivity index (χ0v) is 14.3. The van der Waals surface area contributed by atoms with Crippen molar-refractivity contribution in [2.24, 2.45) is 0 Å². The van der Waals surface area contributed by atoms with E-state index in [9.17, 15) is 4.79 Å². The number of hydrogen-bond acceptors (Lipinski definition) is 3. The zero-order chi connectivity index (χ0) is 17.4. The minimum Gasteiger partial charge on any atom is -0.467 e. The second-order valence-electron chi connectivity index (χ2n) is 6.29. The summed E-state index contributed by atoms with van der Waals surface area (Å²) in [6.45, 7) is 2.80. The van der Waals surface area contributed by atoms with Crippen LogP contribution in [-0.2, 0) is 16.1 Å². The summed E-state index contributed by atoms with van der Waals surface area (Å²) >= 11 is 0. The minimum absolute atomic E-state index is 0.273. The number of para-hydroxylation sites is 1. The van der Waals surface area contributed by atoms with Crippen LogP contribution in [0.2, 0.25) is 0 Å². The highest BCUT2D eigenvalue weighted by molar-refractivity contribution is 5.89. The van der Waals surface area contributed by atoms with E-state index in [-0.39, 0.29) is 5.97 Å². The third kappa shape index (κ3) is 2.60. The molecule has 25 heavy (non-hydrogen) atoms. The van der Waals surface area contributed by atoms with Crippen molar-refractivity contribution in [1.29, 1.82) is 0 Å². The molecule has 4 heteroatoms. The molecule has 1 aliphatic rings. The fourth-order valence-electron chi connectivity index (χ4n) is 3.60. The summed E-state index contributed by atoms with van der Waals surface area (Å²) in [6.07, 6.45) is 1.97. The Morgan fingerprint density at radius 3 is 2.60 bits per heavy atom. The second kappa shape index (κ2) is 6.13. The monoisotopic (exact) mass is 332 g/mol. The molecular weight excluding hydrogens is 312 g/mol. The van der Waals surface area contributed by atoms with Crippen LogP contribution in [-0.4, -0.2) is 23.7 Å². The number of nitrogens with one attached hydrogen (secondary N) is 1. The van der Waals surface area contributed by atoms with Crippen molar-refractivity contribution in [3.8, 4) is 0 Å². The number of nitrogens with zero attached hydrogens (tertiary/aromatic N) is 1. The normalized spacial score (nSPS) is 16.1. The summed E-state index contributed by atoms with van der Waals surface area (Å²) in [5.74, 6) is -0.273. The van der Waals surface area contributed by atoms with Crippen LogP contribution >= 0.6 is 0 Å². The van der Waals surface area contributed by atoms with Crippen LogP contribution in [0.5, 0.6) is 0 Å². The maximum atomic E-state index is 12.0. The predicted molar refractivity (Wildman–Crippen MR) is 99.2 cm³/mol. The number of esters is 1. The first-order chi connectivity index (χ1) is 12.2. The number of rotatable bonds is 3. The number of methoxy groups -OCH3 is 1. The Bertz CT molecular complexity index is 1060. The molecule has 0 saturated heterocycles. The SMILES string of the molecule is COC(=O)C1C=c2c(n(Cc3ccccc3)c3ccccc23)=C(C)N1. The Hall–Kier alpha value is -3.01. The minimum atomic E-state index is -0.450. The first-order valence-corrected chi connectivity index (χ1v) is 8.37. The van der Waals surface area contributed by atoms with Gasteiger partial charge in [-0.05, 0) is 24.6 Å². The first kappa shape index (κ1) is 15.5. The average Bonchev–Trinajstić information content (AvgIpc) is 2.96. The largest absolute Gasteiger partial charge is 0.467 e. The third-order valence-electron chi connectivity index (χ3n) is 4.71. The number of fused-ring (bicyclic) bond motifs is 3. The zero-order valence-electron chi connectivity index (χ0n) is 14.3. The third-order valence-corrected chi connectivity index (χ3v) is 4.71. The molecule has 0 amide bonds. The van der Waals surface area contributed by atoms with Crippen molar-refractivity contribution in [2.45, 2.75) is 19.5 Å². The van der Waals surface area contributed by atoms with Crippen LogP contribution in [0.3, 0.4) is 0 Å². The standard InChI is InChI=1S/C21H20N2O2/c1-14-20-17(12-18(22-14)21(24)25-2)16-10-6-7-11-19(16)23(20)13-15-8-4-3-5-9-15/h3-12,18,22H,13H2,1-2H3. The van der Waals surface area contributed by atoms with Gasteiger partial charge in [0.05, 0.1) is 12.5 Å². The van der Waals surface area contributed by atoms with Gasteiger partial charge in [0, 0.05) is 28.4 Å². The summed E-state index contributed by atoms with van der Waals surface area (Å²) in [6, 6.07) is 18.3. The van der Waals surface area contributed by atoms with Crippen molar-refractivity contribution < 1.29 is 9.53 Å². The van der Waals surface area contributed by atoms with Gasteiger partial charge in [-0.15, -0.1) is 0 Å². The molecule has 4 rings (SSSR count). The Morgan fingerprint density at radius 1 is 1.12 bits per heavy atom. The molecule has 3 aromatic rings. The Labute approximate surface area is 146 Å². The molecule has 2 aromatic carbocycles. The molecule has 0 radical (unpaired) electrons. The van der Waals surface area contributed by atoms with Gasteiger partial charge in [0.2, 0.25) is 0 Å². The van der Waals surface area contributed by atoms with Crippen LogP contribution in [0, 0.1) is 0 Å². The Kier molecular flexibility index (Phi) is 3.80. The predicted octanol–water partition coefficient (Wildman–Crippen LogP) is 1.74. The molecule has 1 aliphatic heterocycles. The van der Waals surface area contributed by atoms with Gasteiger partial charge < -0.3 is 14.6 Å². The number of carbonyl (C=O) groups is 1. The molecule has 1 unspecified atom stereocenters. The van der Waals surface area contributed by atoms with Crippen molar-refractivity contribution in [2.75, 3.05) is 7.11 Å². The van der Waals surface area contributed by atoms with Gasteiger partial charge in [0.15, 0.2) is 0 Å². The van der Waals surface area contributed by atoms with E-state index in [2.05, 4.69) is 52.3 Å². The quantitative estimate of drug-likeness (QED) is 0.743. The number of ether oxygens (including phenoxy) is 1.